The molecule has 4 rings (SSSR count). The maximum Gasteiger partial charge on any atom is 0.273 e. The van der Waals surface area contributed by atoms with Crippen LogP contribution in [-0.2, 0) is 0 Å². The molecular weight excluding hydrogens is 353 g/mol. The lowest BCUT2D eigenvalue weighted by atomic mass is 9.95. The first-order chi connectivity index (χ1) is 13.6. The van der Waals surface area contributed by atoms with Crippen molar-refractivity contribution in [1.29, 1.82) is 0 Å². The van der Waals surface area contributed by atoms with Crippen molar-refractivity contribution in [1.82, 2.24) is 15.1 Å². The summed E-state index contributed by atoms with van der Waals surface area (Å²) in [6.07, 6.45) is 3.10. The van der Waals surface area contributed by atoms with E-state index in [9.17, 15) is 9.18 Å². The summed E-state index contributed by atoms with van der Waals surface area (Å²) in [6, 6.07) is 14.3. The molecule has 5 heteroatoms. The van der Waals surface area contributed by atoms with E-state index in [1.165, 1.54) is 17.7 Å². The van der Waals surface area contributed by atoms with E-state index >= 15 is 0 Å². The van der Waals surface area contributed by atoms with Crippen molar-refractivity contribution in [2.75, 3.05) is 6.54 Å². The Kier molecular flexibility index (Phi) is 4.99. The molecule has 0 saturated heterocycles. The number of unbranched alkanes of at least 4 members (excludes halogenated alkanes) is 2. The zero-order valence-electron chi connectivity index (χ0n) is 16.2. The fraction of sp³-hybridized carbons (Fsp3) is 0.304. The average Bonchev–Trinajstić information content (AvgIpc) is 3.23. The topological polar surface area (TPSA) is 49.0 Å². The molecule has 1 aliphatic rings. The smallest absolute Gasteiger partial charge is 0.273 e. The summed E-state index contributed by atoms with van der Waals surface area (Å²) in [5.74, 6) is -0.317. The van der Waals surface area contributed by atoms with Crippen LogP contribution in [0.1, 0.15) is 59.4 Å². The summed E-state index contributed by atoms with van der Waals surface area (Å²) >= 11 is 0. The van der Waals surface area contributed by atoms with Gasteiger partial charge < -0.3 is 4.90 Å². The number of aromatic nitrogens is 2. The minimum atomic E-state index is -0.281. The number of hydrogen-bond acceptors (Lipinski definition) is 2. The third-order valence-electron chi connectivity index (χ3n) is 5.38. The Hall–Kier alpha value is -2.95. The maximum absolute atomic E-state index is 13.5. The molecule has 1 amide bonds. The number of H-pyrrole nitrogens is 1. The van der Waals surface area contributed by atoms with Crippen LogP contribution < -0.4 is 0 Å². The Morgan fingerprint density at radius 3 is 2.46 bits per heavy atom. The summed E-state index contributed by atoms with van der Waals surface area (Å²) in [7, 11) is 0. The number of carbonyl (C=O) groups excluding carboxylic acids is 1. The lowest BCUT2D eigenvalue weighted by Gasteiger charge is -2.26. The molecule has 2 aromatic carbocycles. The lowest BCUT2D eigenvalue weighted by Crippen LogP contribution is -2.30. The van der Waals surface area contributed by atoms with Crippen molar-refractivity contribution in [2.45, 2.75) is 39.2 Å². The normalized spacial score (nSPS) is 15.9. The zero-order chi connectivity index (χ0) is 19.7. The number of amides is 1. The van der Waals surface area contributed by atoms with Crippen molar-refractivity contribution < 1.29 is 9.18 Å². The largest absolute Gasteiger partial charge is 0.326 e. The first-order valence-electron chi connectivity index (χ1n) is 9.82. The summed E-state index contributed by atoms with van der Waals surface area (Å²) < 4.78 is 13.5. The van der Waals surface area contributed by atoms with Crippen molar-refractivity contribution in [3.05, 3.63) is 76.7 Å². The first kappa shape index (κ1) is 18.4. The predicted molar refractivity (Wildman–Crippen MR) is 108 cm³/mol. The molecule has 0 saturated carbocycles. The number of rotatable bonds is 6. The predicted octanol–water partition coefficient (Wildman–Crippen LogP) is 5.26. The molecule has 1 aromatic heterocycles. The Balaban J connectivity index is 1.80. The van der Waals surface area contributed by atoms with Crippen LogP contribution in [0.5, 0.6) is 0 Å². The highest BCUT2D eigenvalue weighted by Gasteiger charge is 2.41. The van der Waals surface area contributed by atoms with Crippen LogP contribution in [0.2, 0.25) is 0 Å². The Morgan fingerprint density at radius 2 is 1.79 bits per heavy atom. The average molecular weight is 377 g/mol. The second kappa shape index (κ2) is 7.58. The fourth-order valence-electron chi connectivity index (χ4n) is 3.88. The molecule has 144 valence electrons. The van der Waals surface area contributed by atoms with Gasteiger partial charge in [0.15, 0.2) is 0 Å². The molecule has 0 aliphatic carbocycles. The van der Waals surface area contributed by atoms with Gasteiger partial charge in [0.25, 0.3) is 5.91 Å². The maximum atomic E-state index is 13.5. The van der Waals surface area contributed by atoms with E-state index < -0.39 is 0 Å². The number of aromatic amines is 1. The van der Waals surface area contributed by atoms with Gasteiger partial charge in [-0.25, -0.2) is 4.39 Å². The molecule has 2 heterocycles. The number of carbonyl (C=O) groups is 1. The van der Waals surface area contributed by atoms with E-state index in [1.807, 2.05) is 36.1 Å². The summed E-state index contributed by atoms with van der Waals surface area (Å²) in [5.41, 5.74) is 5.26. The number of halogens is 1. The molecule has 0 spiro atoms. The Labute approximate surface area is 164 Å². The molecule has 3 aromatic rings. The summed E-state index contributed by atoms with van der Waals surface area (Å²) in [6.45, 7) is 4.86. The molecule has 4 nitrogen and oxygen atoms in total. The van der Waals surface area contributed by atoms with Gasteiger partial charge in [0.2, 0.25) is 0 Å². The molecule has 1 atom stereocenters. The van der Waals surface area contributed by atoms with Gasteiger partial charge in [0.05, 0.1) is 11.7 Å². The molecule has 1 N–H and O–H groups in total. The van der Waals surface area contributed by atoms with Crippen LogP contribution in [0.15, 0.2) is 48.5 Å². The van der Waals surface area contributed by atoms with E-state index in [2.05, 4.69) is 17.1 Å². The molecular formula is C23H24FN3O. The zero-order valence-corrected chi connectivity index (χ0v) is 16.2. The Morgan fingerprint density at radius 1 is 1.07 bits per heavy atom. The quantitative estimate of drug-likeness (QED) is 0.596. The van der Waals surface area contributed by atoms with Crippen LogP contribution in [0.25, 0.3) is 11.3 Å². The SMILES string of the molecule is CCCCCN1C(=O)c2[nH]nc(-c3ccc(C)cc3)c2C1c1ccc(F)cc1. The van der Waals surface area contributed by atoms with Gasteiger partial charge in [0, 0.05) is 17.7 Å². The Bertz CT molecular complexity index is 976. The highest BCUT2D eigenvalue weighted by molar-refractivity contribution is 6.00. The summed E-state index contributed by atoms with van der Waals surface area (Å²) in [5, 5.41) is 7.43. The van der Waals surface area contributed by atoms with E-state index in [4.69, 9.17) is 0 Å². The fourth-order valence-corrected chi connectivity index (χ4v) is 3.88. The van der Waals surface area contributed by atoms with E-state index in [0.717, 1.165) is 41.6 Å². The van der Waals surface area contributed by atoms with Gasteiger partial charge in [-0.2, -0.15) is 5.10 Å². The lowest BCUT2D eigenvalue weighted by molar-refractivity contribution is 0.0740. The first-order valence-corrected chi connectivity index (χ1v) is 9.82. The van der Waals surface area contributed by atoms with Crippen LogP contribution in [0.4, 0.5) is 4.39 Å². The molecule has 1 unspecified atom stereocenters. The van der Waals surface area contributed by atoms with Crippen molar-refractivity contribution in [3.63, 3.8) is 0 Å². The standard InChI is InChI=1S/C23H24FN3O/c1-3-4-5-14-27-22(17-10-12-18(24)13-11-17)19-20(25-26-21(19)23(27)28)16-8-6-15(2)7-9-16/h6-13,22H,3-5,14H2,1-2H3,(H,25,26). The third kappa shape index (κ3) is 3.21. The van der Waals surface area contributed by atoms with Crippen LogP contribution in [0, 0.1) is 12.7 Å². The van der Waals surface area contributed by atoms with E-state index in [-0.39, 0.29) is 17.8 Å². The van der Waals surface area contributed by atoms with Gasteiger partial charge >= 0.3 is 0 Å². The van der Waals surface area contributed by atoms with Crippen LogP contribution in [-0.4, -0.2) is 27.5 Å². The number of hydrogen-bond donors (Lipinski definition) is 1. The highest BCUT2D eigenvalue weighted by Crippen LogP contribution is 2.42. The van der Waals surface area contributed by atoms with Gasteiger partial charge in [0.1, 0.15) is 11.5 Å². The number of aryl methyl sites for hydroxylation is 1. The molecule has 0 bridgehead atoms. The van der Waals surface area contributed by atoms with Gasteiger partial charge in [-0.15, -0.1) is 0 Å². The van der Waals surface area contributed by atoms with Gasteiger partial charge in [-0.05, 0) is 31.0 Å². The second-order valence-electron chi connectivity index (χ2n) is 7.39. The van der Waals surface area contributed by atoms with Crippen molar-refractivity contribution >= 4 is 5.91 Å². The summed E-state index contributed by atoms with van der Waals surface area (Å²) in [4.78, 5) is 15.0. The second-order valence-corrected chi connectivity index (χ2v) is 7.39. The van der Waals surface area contributed by atoms with E-state index in [1.54, 1.807) is 12.1 Å². The van der Waals surface area contributed by atoms with Crippen molar-refractivity contribution in [3.8, 4) is 11.3 Å². The molecule has 0 radical (unpaired) electrons. The highest BCUT2D eigenvalue weighted by atomic mass is 19.1. The third-order valence-corrected chi connectivity index (χ3v) is 5.38. The van der Waals surface area contributed by atoms with Crippen LogP contribution >= 0.6 is 0 Å². The van der Waals surface area contributed by atoms with Crippen LogP contribution in [0.3, 0.4) is 0 Å². The number of fused-ring (bicyclic) bond motifs is 1. The molecule has 1 aliphatic heterocycles. The molecule has 28 heavy (non-hydrogen) atoms. The minimum absolute atomic E-state index is 0.0358. The van der Waals surface area contributed by atoms with Gasteiger partial charge in [-0.3, -0.25) is 9.89 Å². The van der Waals surface area contributed by atoms with E-state index in [0.29, 0.717) is 12.2 Å². The minimum Gasteiger partial charge on any atom is -0.326 e. The monoisotopic (exact) mass is 377 g/mol. The number of nitrogens with one attached hydrogen (secondary N) is 1. The molecule has 0 fully saturated rings. The number of benzene rings is 2. The van der Waals surface area contributed by atoms with Crippen molar-refractivity contribution in [2.24, 2.45) is 0 Å². The number of nitrogens with zero attached hydrogens (tertiary/aromatic N) is 2. The van der Waals surface area contributed by atoms with Gasteiger partial charge in [-0.1, -0.05) is 61.7 Å².